The van der Waals surface area contributed by atoms with Crippen LogP contribution in [0.2, 0.25) is 0 Å². The van der Waals surface area contributed by atoms with Crippen LogP contribution in [0.4, 0.5) is 11.4 Å². The van der Waals surface area contributed by atoms with E-state index in [1.807, 2.05) is 6.07 Å². The summed E-state index contributed by atoms with van der Waals surface area (Å²) in [5.41, 5.74) is 9.73. The summed E-state index contributed by atoms with van der Waals surface area (Å²) in [6.07, 6.45) is 3.73. The highest BCUT2D eigenvalue weighted by atomic mass is 16.7. The largest absolute Gasteiger partial charge is 0.454 e. The number of benzene rings is 2. The second kappa shape index (κ2) is 6.07. The van der Waals surface area contributed by atoms with Gasteiger partial charge in [0.2, 0.25) is 12.7 Å². The summed E-state index contributed by atoms with van der Waals surface area (Å²) in [7, 11) is 0. The van der Waals surface area contributed by atoms with Crippen molar-refractivity contribution in [3.05, 3.63) is 47.5 Å². The summed E-state index contributed by atoms with van der Waals surface area (Å²) in [4.78, 5) is 12.5. The van der Waals surface area contributed by atoms with Gasteiger partial charge in [0.15, 0.2) is 11.5 Å². The standard InChI is InChI=1S/C19H20N2O3/c20-15-9-17-18(24-11-23-17)10-16(15)21-19(22)8-13-6-3-5-12-4-1-2-7-14(12)13/h1-2,4,7,9-10,13H,3,5-6,8,11,20H2,(H,21,22). The Morgan fingerprint density at radius 2 is 2.00 bits per heavy atom. The number of anilines is 2. The van der Waals surface area contributed by atoms with Gasteiger partial charge in [-0.2, -0.15) is 0 Å². The maximum Gasteiger partial charge on any atom is 0.231 e. The van der Waals surface area contributed by atoms with Crippen molar-refractivity contribution in [2.45, 2.75) is 31.6 Å². The predicted molar refractivity (Wildman–Crippen MR) is 92.3 cm³/mol. The van der Waals surface area contributed by atoms with E-state index in [-0.39, 0.29) is 18.6 Å². The van der Waals surface area contributed by atoms with E-state index in [0.717, 1.165) is 19.3 Å². The molecule has 0 aromatic heterocycles. The van der Waals surface area contributed by atoms with E-state index in [9.17, 15) is 4.79 Å². The zero-order valence-corrected chi connectivity index (χ0v) is 13.4. The van der Waals surface area contributed by atoms with Crippen LogP contribution in [-0.2, 0) is 11.2 Å². The quantitative estimate of drug-likeness (QED) is 0.848. The van der Waals surface area contributed by atoms with Crippen LogP contribution in [0.5, 0.6) is 11.5 Å². The second-order valence-corrected chi connectivity index (χ2v) is 6.33. The topological polar surface area (TPSA) is 73.6 Å². The minimum Gasteiger partial charge on any atom is -0.454 e. The van der Waals surface area contributed by atoms with Gasteiger partial charge in [-0.1, -0.05) is 24.3 Å². The van der Waals surface area contributed by atoms with Gasteiger partial charge in [-0.3, -0.25) is 4.79 Å². The number of nitrogens with two attached hydrogens (primary N) is 1. The van der Waals surface area contributed by atoms with E-state index < -0.39 is 0 Å². The van der Waals surface area contributed by atoms with Crippen LogP contribution < -0.4 is 20.5 Å². The van der Waals surface area contributed by atoms with Crippen LogP contribution in [0.25, 0.3) is 0 Å². The summed E-state index contributed by atoms with van der Waals surface area (Å²) in [6, 6.07) is 11.8. The molecule has 124 valence electrons. The van der Waals surface area contributed by atoms with Gasteiger partial charge in [0.05, 0.1) is 11.4 Å². The van der Waals surface area contributed by atoms with Crippen molar-refractivity contribution in [1.29, 1.82) is 0 Å². The molecule has 0 fully saturated rings. The molecule has 0 radical (unpaired) electrons. The molecule has 1 heterocycles. The molecule has 1 aliphatic heterocycles. The van der Waals surface area contributed by atoms with Crippen molar-refractivity contribution < 1.29 is 14.3 Å². The fourth-order valence-electron chi connectivity index (χ4n) is 3.56. The number of ether oxygens (including phenoxy) is 2. The van der Waals surface area contributed by atoms with Crippen molar-refractivity contribution in [2.75, 3.05) is 17.8 Å². The summed E-state index contributed by atoms with van der Waals surface area (Å²) in [5.74, 6) is 1.47. The lowest BCUT2D eigenvalue weighted by Crippen LogP contribution is -2.19. The average molecular weight is 324 g/mol. The van der Waals surface area contributed by atoms with Crippen molar-refractivity contribution >= 4 is 17.3 Å². The maximum atomic E-state index is 12.5. The normalized spacial score (nSPS) is 18.1. The minimum absolute atomic E-state index is 0.0257. The molecule has 0 saturated heterocycles. The van der Waals surface area contributed by atoms with Crippen LogP contribution in [0, 0.1) is 0 Å². The number of carbonyl (C=O) groups is 1. The van der Waals surface area contributed by atoms with Crippen molar-refractivity contribution in [2.24, 2.45) is 0 Å². The van der Waals surface area contributed by atoms with Gasteiger partial charge in [-0.05, 0) is 36.3 Å². The molecule has 2 aromatic carbocycles. The first kappa shape index (κ1) is 14.9. The fraction of sp³-hybridized carbons (Fsp3) is 0.316. The van der Waals surface area contributed by atoms with E-state index in [1.54, 1.807) is 12.1 Å². The number of carbonyl (C=O) groups excluding carboxylic acids is 1. The molecule has 0 spiro atoms. The number of hydrogen-bond acceptors (Lipinski definition) is 4. The molecule has 1 atom stereocenters. The number of aryl methyl sites for hydroxylation is 1. The summed E-state index contributed by atoms with van der Waals surface area (Å²) < 4.78 is 10.6. The van der Waals surface area contributed by atoms with E-state index in [4.69, 9.17) is 15.2 Å². The number of fused-ring (bicyclic) bond motifs is 2. The third-order valence-corrected chi connectivity index (χ3v) is 4.74. The highest BCUT2D eigenvalue weighted by Crippen LogP contribution is 2.39. The molecule has 1 aliphatic carbocycles. The Labute approximate surface area is 140 Å². The van der Waals surface area contributed by atoms with Crippen LogP contribution >= 0.6 is 0 Å². The van der Waals surface area contributed by atoms with Gasteiger partial charge < -0.3 is 20.5 Å². The Kier molecular flexibility index (Phi) is 3.76. The van der Waals surface area contributed by atoms with Crippen molar-refractivity contribution in [3.63, 3.8) is 0 Å². The summed E-state index contributed by atoms with van der Waals surface area (Å²) >= 11 is 0. The first-order chi connectivity index (χ1) is 11.7. The molecule has 24 heavy (non-hydrogen) atoms. The molecule has 5 heteroatoms. The SMILES string of the molecule is Nc1cc2c(cc1NC(=O)CC1CCCc3ccccc31)OCO2. The Balaban J connectivity index is 1.48. The molecular formula is C19H20N2O3. The predicted octanol–water partition coefficient (Wildman–Crippen LogP) is 3.45. The smallest absolute Gasteiger partial charge is 0.231 e. The van der Waals surface area contributed by atoms with Gasteiger partial charge in [-0.25, -0.2) is 0 Å². The Morgan fingerprint density at radius 1 is 1.21 bits per heavy atom. The highest BCUT2D eigenvalue weighted by Gasteiger charge is 2.23. The van der Waals surface area contributed by atoms with E-state index >= 15 is 0 Å². The third-order valence-electron chi connectivity index (χ3n) is 4.74. The lowest BCUT2D eigenvalue weighted by Gasteiger charge is -2.25. The highest BCUT2D eigenvalue weighted by molar-refractivity contribution is 5.95. The van der Waals surface area contributed by atoms with Gasteiger partial charge in [0.25, 0.3) is 0 Å². The molecule has 4 rings (SSSR count). The van der Waals surface area contributed by atoms with Crippen LogP contribution in [-0.4, -0.2) is 12.7 Å². The molecule has 1 unspecified atom stereocenters. The number of nitrogens with one attached hydrogen (secondary N) is 1. The van der Waals surface area contributed by atoms with Crippen LogP contribution in [0.15, 0.2) is 36.4 Å². The van der Waals surface area contributed by atoms with Crippen molar-refractivity contribution in [1.82, 2.24) is 0 Å². The summed E-state index contributed by atoms with van der Waals surface area (Å²) in [6.45, 7) is 0.186. The minimum atomic E-state index is -0.0257. The lowest BCUT2D eigenvalue weighted by atomic mass is 9.81. The first-order valence-electron chi connectivity index (χ1n) is 8.27. The molecule has 3 N–H and O–H groups in total. The Bertz CT molecular complexity index is 788. The molecule has 2 aliphatic rings. The van der Waals surface area contributed by atoms with Gasteiger partial charge in [0, 0.05) is 18.6 Å². The average Bonchev–Trinajstić information content (AvgIpc) is 3.02. The molecule has 1 amide bonds. The van der Waals surface area contributed by atoms with Gasteiger partial charge in [-0.15, -0.1) is 0 Å². The van der Waals surface area contributed by atoms with Crippen LogP contribution in [0.3, 0.4) is 0 Å². The van der Waals surface area contributed by atoms with Gasteiger partial charge in [0.1, 0.15) is 0 Å². The Hall–Kier alpha value is -2.69. The van der Waals surface area contributed by atoms with E-state index in [2.05, 4.69) is 23.5 Å². The van der Waals surface area contributed by atoms with Gasteiger partial charge >= 0.3 is 0 Å². The third kappa shape index (κ3) is 2.77. The molecular weight excluding hydrogens is 304 g/mol. The molecule has 5 nitrogen and oxygen atoms in total. The second-order valence-electron chi connectivity index (χ2n) is 6.33. The fourth-order valence-corrected chi connectivity index (χ4v) is 3.56. The molecule has 0 saturated carbocycles. The van der Waals surface area contributed by atoms with E-state index in [1.165, 1.54) is 11.1 Å². The monoisotopic (exact) mass is 324 g/mol. The molecule has 2 aromatic rings. The first-order valence-corrected chi connectivity index (χ1v) is 8.27. The maximum absolute atomic E-state index is 12.5. The zero-order valence-electron chi connectivity index (χ0n) is 13.4. The van der Waals surface area contributed by atoms with Crippen molar-refractivity contribution in [3.8, 4) is 11.5 Å². The number of hydrogen-bond donors (Lipinski definition) is 2. The van der Waals surface area contributed by atoms with Crippen LogP contribution in [0.1, 0.15) is 36.3 Å². The molecule has 0 bridgehead atoms. The zero-order chi connectivity index (χ0) is 16.5. The number of amides is 1. The Morgan fingerprint density at radius 3 is 2.88 bits per heavy atom. The number of nitrogen functional groups attached to an aromatic ring is 1. The lowest BCUT2D eigenvalue weighted by molar-refractivity contribution is -0.116. The number of rotatable bonds is 3. The van der Waals surface area contributed by atoms with E-state index in [0.29, 0.717) is 29.3 Å². The summed E-state index contributed by atoms with van der Waals surface area (Å²) in [5, 5.41) is 2.92.